The summed E-state index contributed by atoms with van der Waals surface area (Å²) in [6, 6.07) is 26.7. The van der Waals surface area contributed by atoms with Crippen LogP contribution in [0.4, 0.5) is 0 Å². The smallest absolute Gasteiger partial charge is 0.00195 e. The molecule has 116 valence electrons. The molecular formula is C23H24. The first kappa shape index (κ1) is 15.6. The van der Waals surface area contributed by atoms with Crippen LogP contribution in [0.25, 0.3) is 11.1 Å². The van der Waals surface area contributed by atoms with Gasteiger partial charge < -0.3 is 0 Å². The van der Waals surface area contributed by atoms with Gasteiger partial charge in [0.1, 0.15) is 0 Å². The summed E-state index contributed by atoms with van der Waals surface area (Å²) in [5.41, 5.74) is 8.25. The molecule has 0 aliphatic heterocycles. The summed E-state index contributed by atoms with van der Waals surface area (Å²) in [5, 5.41) is 0. The topological polar surface area (TPSA) is 0 Å². The summed E-state index contributed by atoms with van der Waals surface area (Å²) in [6.07, 6.45) is 3.16. The Labute approximate surface area is 139 Å². The SMILES string of the molecule is CCc1ccc(-c2ccc(CC)cc2Cc2ccccc2)cc1. The first-order valence-electron chi connectivity index (χ1n) is 8.55. The summed E-state index contributed by atoms with van der Waals surface area (Å²) in [6.45, 7) is 4.42. The van der Waals surface area contributed by atoms with Crippen molar-refractivity contribution in [2.45, 2.75) is 33.1 Å². The summed E-state index contributed by atoms with van der Waals surface area (Å²) >= 11 is 0. The van der Waals surface area contributed by atoms with Crippen LogP contribution < -0.4 is 0 Å². The predicted molar refractivity (Wildman–Crippen MR) is 99.9 cm³/mol. The molecule has 23 heavy (non-hydrogen) atoms. The van der Waals surface area contributed by atoms with E-state index in [0.29, 0.717) is 0 Å². The van der Waals surface area contributed by atoms with E-state index in [9.17, 15) is 0 Å². The van der Waals surface area contributed by atoms with Gasteiger partial charge in [-0.3, -0.25) is 0 Å². The zero-order valence-corrected chi connectivity index (χ0v) is 14.0. The highest BCUT2D eigenvalue weighted by Gasteiger charge is 2.07. The van der Waals surface area contributed by atoms with Crippen molar-refractivity contribution >= 4 is 0 Å². The lowest BCUT2D eigenvalue weighted by Crippen LogP contribution is -1.95. The maximum absolute atomic E-state index is 2.37. The third-order valence-corrected chi connectivity index (χ3v) is 4.49. The van der Waals surface area contributed by atoms with Crippen LogP contribution in [0.1, 0.15) is 36.1 Å². The maximum Gasteiger partial charge on any atom is -0.00195 e. The van der Waals surface area contributed by atoms with E-state index in [1.807, 2.05) is 0 Å². The molecule has 3 rings (SSSR count). The normalized spacial score (nSPS) is 10.7. The van der Waals surface area contributed by atoms with Crippen molar-refractivity contribution < 1.29 is 0 Å². The van der Waals surface area contributed by atoms with Crippen molar-refractivity contribution in [2.24, 2.45) is 0 Å². The second kappa shape index (κ2) is 7.28. The lowest BCUT2D eigenvalue weighted by molar-refractivity contribution is 1.11. The van der Waals surface area contributed by atoms with E-state index in [2.05, 4.69) is 86.6 Å². The number of rotatable bonds is 5. The molecule has 0 heterocycles. The van der Waals surface area contributed by atoms with Crippen LogP contribution in [-0.2, 0) is 19.3 Å². The number of aryl methyl sites for hydroxylation is 2. The van der Waals surface area contributed by atoms with Gasteiger partial charge in [0.2, 0.25) is 0 Å². The van der Waals surface area contributed by atoms with Crippen LogP contribution in [0.5, 0.6) is 0 Å². The molecular weight excluding hydrogens is 276 g/mol. The molecule has 0 heteroatoms. The quantitative estimate of drug-likeness (QED) is 0.536. The molecule has 0 saturated heterocycles. The minimum Gasteiger partial charge on any atom is -0.0622 e. The fraction of sp³-hybridized carbons (Fsp3) is 0.217. The van der Waals surface area contributed by atoms with Gasteiger partial charge in [-0.2, -0.15) is 0 Å². The Morgan fingerprint density at radius 2 is 1.26 bits per heavy atom. The van der Waals surface area contributed by atoms with E-state index in [1.54, 1.807) is 0 Å². The second-order valence-electron chi connectivity index (χ2n) is 6.06. The molecule has 0 aliphatic carbocycles. The molecule has 0 nitrogen and oxygen atoms in total. The molecule has 0 spiro atoms. The van der Waals surface area contributed by atoms with Crippen LogP contribution in [0.2, 0.25) is 0 Å². The van der Waals surface area contributed by atoms with E-state index in [4.69, 9.17) is 0 Å². The average Bonchev–Trinajstić information content (AvgIpc) is 2.62. The van der Waals surface area contributed by atoms with Crippen molar-refractivity contribution in [1.29, 1.82) is 0 Å². The standard InChI is InChI=1S/C23H24/c1-3-18-10-13-21(14-11-18)23-15-12-19(4-2)16-22(23)17-20-8-6-5-7-9-20/h5-16H,3-4,17H2,1-2H3. The minimum absolute atomic E-state index is 0.986. The zero-order valence-electron chi connectivity index (χ0n) is 14.0. The molecule has 0 bridgehead atoms. The highest BCUT2D eigenvalue weighted by Crippen LogP contribution is 2.27. The van der Waals surface area contributed by atoms with E-state index < -0.39 is 0 Å². The van der Waals surface area contributed by atoms with Gasteiger partial charge in [0.25, 0.3) is 0 Å². The van der Waals surface area contributed by atoms with Crippen LogP contribution in [-0.4, -0.2) is 0 Å². The molecule has 0 atom stereocenters. The number of hydrogen-bond acceptors (Lipinski definition) is 0. The molecule has 3 aromatic rings. The van der Waals surface area contributed by atoms with Crippen molar-refractivity contribution in [3.63, 3.8) is 0 Å². The van der Waals surface area contributed by atoms with Crippen LogP contribution in [0, 0.1) is 0 Å². The van der Waals surface area contributed by atoms with Gasteiger partial charge in [0.15, 0.2) is 0 Å². The summed E-state index contributed by atoms with van der Waals surface area (Å²) in [5.74, 6) is 0. The minimum atomic E-state index is 0.986. The number of benzene rings is 3. The van der Waals surface area contributed by atoms with Gasteiger partial charge in [-0.15, -0.1) is 0 Å². The lowest BCUT2D eigenvalue weighted by Gasteiger charge is -2.13. The summed E-state index contributed by atoms with van der Waals surface area (Å²) in [7, 11) is 0. The third kappa shape index (κ3) is 3.71. The summed E-state index contributed by atoms with van der Waals surface area (Å²) < 4.78 is 0. The van der Waals surface area contributed by atoms with Crippen LogP contribution in [0.15, 0.2) is 72.8 Å². The molecule has 0 saturated carbocycles. The van der Waals surface area contributed by atoms with Gasteiger partial charge in [-0.25, -0.2) is 0 Å². The monoisotopic (exact) mass is 300 g/mol. The maximum atomic E-state index is 2.37. The lowest BCUT2D eigenvalue weighted by atomic mass is 9.92. The van der Waals surface area contributed by atoms with E-state index >= 15 is 0 Å². The Kier molecular flexibility index (Phi) is 4.92. The number of hydrogen-bond donors (Lipinski definition) is 0. The van der Waals surface area contributed by atoms with Gasteiger partial charge in [0.05, 0.1) is 0 Å². The van der Waals surface area contributed by atoms with Gasteiger partial charge in [0, 0.05) is 0 Å². The Hall–Kier alpha value is -2.34. The predicted octanol–water partition coefficient (Wildman–Crippen LogP) is 6.07. The molecule has 0 unspecified atom stereocenters. The Balaban J connectivity index is 2.01. The van der Waals surface area contributed by atoms with Gasteiger partial charge in [-0.1, -0.05) is 86.6 Å². The molecule has 0 amide bonds. The van der Waals surface area contributed by atoms with E-state index in [-0.39, 0.29) is 0 Å². The zero-order chi connectivity index (χ0) is 16.1. The van der Waals surface area contributed by atoms with Gasteiger partial charge in [-0.05, 0) is 52.6 Å². The van der Waals surface area contributed by atoms with Crippen molar-refractivity contribution in [3.05, 3.63) is 95.1 Å². The van der Waals surface area contributed by atoms with Crippen LogP contribution >= 0.6 is 0 Å². The van der Waals surface area contributed by atoms with Crippen molar-refractivity contribution in [2.75, 3.05) is 0 Å². The largest absolute Gasteiger partial charge is 0.0622 e. The van der Waals surface area contributed by atoms with Crippen molar-refractivity contribution in [1.82, 2.24) is 0 Å². The summed E-state index contributed by atoms with van der Waals surface area (Å²) in [4.78, 5) is 0. The third-order valence-electron chi connectivity index (χ3n) is 4.49. The molecule has 0 radical (unpaired) electrons. The fourth-order valence-electron chi connectivity index (χ4n) is 3.03. The Bertz CT molecular complexity index is 752. The molecule has 0 N–H and O–H groups in total. The van der Waals surface area contributed by atoms with Crippen molar-refractivity contribution in [3.8, 4) is 11.1 Å². The first-order chi connectivity index (χ1) is 11.3. The highest BCUT2D eigenvalue weighted by molar-refractivity contribution is 5.68. The van der Waals surface area contributed by atoms with Crippen LogP contribution in [0.3, 0.4) is 0 Å². The molecule has 0 fully saturated rings. The first-order valence-corrected chi connectivity index (χ1v) is 8.55. The Morgan fingerprint density at radius 3 is 1.91 bits per heavy atom. The fourth-order valence-corrected chi connectivity index (χ4v) is 3.03. The second-order valence-corrected chi connectivity index (χ2v) is 6.06. The molecule has 3 aromatic carbocycles. The van der Waals surface area contributed by atoms with E-state index in [1.165, 1.54) is 33.4 Å². The Morgan fingerprint density at radius 1 is 0.609 bits per heavy atom. The molecule has 0 aromatic heterocycles. The molecule has 0 aliphatic rings. The van der Waals surface area contributed by atoms with E-state index in [0.717, 1.165) is 19.3 Å². The van der Waals surface area contributed by atoms with Gasteiger partial charge >= 0.3 is 0 Å². The highest BCUT2D eigenvalue weighted by atomic mass is 14.1. The average molecular weight is 300 g/mol.